The van der Waals surface area contributed by atoms with E-state index in [1.807, 2.05) is 0 Å². The molecule has 3 nitrogen and oxygen atoms in total. The Morgan fingerprint density at radius 2 is 2.25 bits per heavy atom. The molecule has 0 bridgehead atoms. The van der Waals surface area contributed by atoms with Crippen molar-refractivity contribution < 1.29 is 9.18 Å². The Labute approximate surface area is 94.0 Å². The summed E-state index contributed by atoms with van der Waals surface area (Å²) in [6, 6.07) is 5.36. The number of anilines is 1. The molecule has 1 atom stereocenters. The minimum atomic E-state index is -0.470. The quantitative estimate of drug-likeness (QED) is 0.754. The highest BCUT2D eigenvalue weighted by atomic mass is 19.1. The number of para-hydroxylation sites is 1. The van der Waals surface area contributed by atoms with E-state index in [0.29, 0.717) is 6.42 Å². The molecule has 1 aromatic carbocycles. The van der Waals surface area contributed by atoms with Gasteiger partial charge in [0.2, 0.25) is 0 Å². The Morgan fingerprint density at radius 1 is 1.56 bits per heavy atom. The second kappa shape index (κ2) is 5.76. The van der Waals surface area contributed by atoms with E-state index in [9.17, 15) is 9.18 Å². The molecule has 4 heteroatoms. The maximum absolute atomic E-state index is 13.2. The van der Waals surface area contributed by atoms with Crippen molar-refractivity contribution in [1.82, 2.24) is 5.32 Å². The van der Waals surface area contributed by atoms with Gasteiger partial charge in [0, 0.05) is 12.5 Å². The van der Waals surface area contributed by atoms with Crippen molar-refractivity contribution in [2.45, 2.75) is 19.4 Å². The fourth-order valence-electron chi connectivity index (χ4n) is 1.17. The molecule has 1 unspecified atom stereocenters. The summed E-state index contributed by atoms with van der Waals surface area (Å²) in [5, 5.41) is 5.00. The predicted molar refractivity (Wildman–Crippen MR) is 61.5 cm³/mol. The van der Waals surface area contributed by atoms with Crippen LogP contribution in [0.3, 0.4) is 0 Å². The molecule has 2 N–H and O–H groups in total. The molecule has 0 radical (unpaired) electrons. The number of rotatable bonds is 3. The summed E-state index contributed by atoms with van der Waals surface area (Å²) in [6.07, 6.45) is 5.54. The third-order valence-electron chi connectivity index (χ3n) is 1.92. The minimum absolute atomic E-state index is 0.142. The largest absolute Gasteiger partial charge is 0.334 e. The van der Waals surface area contributed by atoms with E-state index in [-0.39, 0.29) is 11.7 Å². The zero-order chi connectivity index (χ0) is 12.0. The van der Waals surface area contributed by atoms with E-state index < -0.39 is 11.8 Å². The summed E-state index contributed by atoms with van der Waals surface area (Å²) < 4.78 is 13.2. The number of urea groups is 1. The van der Waals surface area contributed by atoms with Gasteiger partial charge in [0.05, 0.1) is 5.69 Å². The van der Waals surface area contributed by atoms with Crippen molar-refractivity contribution in [3.05, 3.63) is 30.1 Å². The highest BCUT2D eigenvalue weighted by molar-refractivity contribution is 5.89. The molecule has 0 saturated heterocycles. The molecule has 2 amide bonds. The van der Waals surface area contributed by atoms with Crippen LogP contribution >= 0.6 is 0 Å². The van der Waals surface area contributed by atoms with Gasteiger partial charge >= 0.3 is 6.03 Å². The zero-order valence-electron chi connectivity index (χ0n) is 8.96. The summed E-state index contributed by atoms with van der Waals surface area (Å²) in [6.45, 7) is 1.78. The summed E-state index contributed by atoms with van der Waals surface area (Å²) in [5.41, 5.74) is 0.146. The monoisotopic (exact) mass is 220 g/mol. The van der Waals surface area contributed by atoms with Gasteiger partial charge in [-0.2, -0.15) is 0 Å². The molecule has 0 heterocycles. The van der Waals surface area contributed by atoms with Gasteiger partial charge in [-0.1, -0.05) is 12.1 Å². The third-order valence-corrected chi connectivity index (χ3v) is 1.92. The van der Waals surface area contributed by atoms with E-state index in [1.54, 1.807) is 19.1 Å². The minimum Gasteiger partial charge on any atom is -0.334 e. The Balaban J connectivity index is 2.53. The standard InChI is InChI=1S/C12H13FN2O/c1-3-6-9(2)14-12(16)15-11-8-5-4-7-10(11)13/h1,4-5,7-9H,6H2,2H3,(H2,14,15,16). The molecular weight excluding hydrogens is 207 g/mol. The normalized spacial score (nSPS) is 11.3. The van der Waals surface area contributed by atoms with E-state index in [2.05, 4.69) is 16.6 Å². The van der Waals surface area contributed by atoms with Crippen molar-refractivity contribution in [1.29, 1.82) is 0 Å². The SMILES string of the molecule is C#CCC(C)NC(=O)Nc1ccccc1F. The van der Waals surface area contributed by atoms with E-state index >= 15 is 0 Å². The van der Waals surface area contributed by atoms with Gasteiger partial charge in [-0.05, 0) is 19.1 Å². The van der Waals surface area contributed by atoms with Crippen LogP contribution in [0.1, 0.15) is 13.3 Å². The highest BCUT2D eigenvalue weighted by Gasteiger charge is 2.08. The van der Waals surface area contributed by atoms with E-state index in [1.165, 1.54) is 12.1 Å². The first-order valence-corrected chi connectivity index (χ1v) is 4.89. The number of halogens is 1. The Hall–Kier alpha value is -2.02. The molecule has 16 heavy (non-hydrogen) atoms. The summed E-state index contributed by atoms with van der Waals surface area (Å²) in [4.78, 5) is 11.4. The predicted octanol–water partition coefficient (Wildman–Crippen LogP) is 2.36. The van der Waals surface area contributed by atoms with Crippen LogP contribution in [0.25, 0.3) is 0 Å². The van der Waals surface area contributed by atoms with Crippen molar-refractivity contribution in [2.75, 3.05) is 5.32 Å². The fraction of sp³-hybridized carbons (Fsp3) is 0.250. The average molecular weight is 220 g/mol. The second-order valence-electron chi connectivity index (χ2n) is 3.39. The average Bonchev–Trinajstić information content (AvgIpc) is 2.21. The van der Waals surface area contributed by atoms with Crippen molar-refractivity contribution in [3.8, 4) is 12.3 Å². The lowest BCUT2D eigenvalue weighted by Crippen LogP contribution is -2.36. The molecule has 1 rings (SSSR count). The summed E-state index contributed by atoms with van der Waals surface area (Å²) in [5.74, 6) is 1.96. The fourth-order valence-corrected chi connectivity index (χ4v) is 1.17. The molecule has 0 saturated carbocycles. The van der Waals surface area contributed by atoms with Crippen LogP contribution in [0.5, 0.6) is 0 Å². The Morgan fingerprint density at radius 3 is 2.88 bits per heavy atom. The Kier molecular flexibility index (Phi) is 4.34. The van der Waals surface area contributed by atoms with Gasteiger partial charge in [0.1, 0.15) is 5.82 Å². The van der Waals surface area contributed by atoms with Gasteiger partial charge in [-0.15, -0.1) is 12.3 Å². The summed E-state index contributed by atoms with van der Waals surface area (Å²) >= 11 is 0. The first-order valence-electron chi connectivity index (χ1n) is 4.89. The molecular formula is C12H13FN2O. The first kappa shape index (κ1) is 12.1. The van der Waals surface area contributed by atoms with Gasteiger partial charge in [0.25, 0.3) is 0 Å². The molecule has 1 aromatic rings. The van der Waals surface area contributed by atoms with Crippen LogP contribution in [0, 0.1) is 18.2 Å². The zero-order valence-corrected chi connectivity index (χ0v) is 8.96. The summed E-state index contributed by atoms with van der Waals surface area (Å²) in [7, 11) is 0. The lowest BCUT2D eigenvalue weighted by Gasteiger charge is -2.12. The lowest BCUT2D eigenvalue weighted by atomic mass is 10.2. The molecule has 0 aliphatic heterocycles. The number of carbonyl (C=O) groups is 1. The van der Waals surface area contributed by atoms with Crippen LogP contribution in [-0.4, -0.2) is 12.1 Å². The van der Waals surface area contributed by atoms with E-state index in [4.69, 9.17) is 6.42 Å². The van der Waals surface area contributed by atoms with Crippen LogP contribution in [0.4, 0.5) is 14.9 Å². The van der Waals surface area contributed by atoms with Gasteiger partial charge < -0.3 is 10.6 Å². The lowest BCUT2D eigenvalue weighted by molar-refractivity contribution is 0.249. The number of terminal acetylenes is 1. The van der Waals surface area contributed by atoms with Crippen LogP contribution < -0.4 is 10.6 Å². The second-order valence-corrected chi connectivity index (χ2v) is 3.39. The molecule has 0 spiro atoms. The number of hydrogen-bond acceptors (Lipinski definition) is 1. The third kappa shape index (κ3) is 3.62. The van der Waals surface area contributed by atoms with Crippen molar-refractivity contribution >= 4 is 11.7 Å². The molecule has 84 valence electrons. The van der Waals surface area contributed by atoms with Crippen molar-refractivity contribution in [3.63, 3.8) is 0 Å². The maximum atomic E-state index is 13.2. The van der Waals surface area contributed by atoms with Gasteiger partial charge in [0.15, 0.2) is 0 Å². The molecule has 0 aliphatic rings. The highest BCUT2D eigenvalue weighted by Crippen LogP contribution is 2.11. The molecule has 0 aliphatic carbocycles. The van der Waals surface area contributed by atoms with Gasteiger partial charge in [-0.3, -0.25) is 0 Å². The van der Waals surface area contributed by atoms with Crippen LogP contribution in [0.2, 0.25) is 0 Å². The number of nitrogens with one attached hydrogen (secondary N) is 2. The molecule has 0 fully saturated rings. The van der Waals surface area contributed by atoms with Gasteiger partial charge in [-0.25, -0.2) is 9.18 Å². The van der Waals surface area contributed by atoms with Crippen LogP contribution in [0.15, 0.2) is 24.3 Å². The maximum Gasteiger partial charge on any atom is 0.319 e. The van der Waals surface area contributed by atoms with Crippen LogP contribution in [-0.2, 0) is 0 Å². The topological polar surface area (TPSA) is 41.1 Å². The molecule has 0 aromatic heterocycles. The van der Waals surface area contributed by atoms with Crippen molar-refractivity contribution in [2.24, 2.45) is 0 Å². The number of hydrogen-bond donors (Lipinski definition) is 2. The smallest absolute Gasteiger partial charge is 0.319 e. The number of carbonyl (C=O) groups excluding carboxylic acids is 1. The Bertz CT molecular complexity index is 412. The number of benzene rings is 1. The number of amides is 2. The van der Waals surface area contributed by atoms with E-state index in [0.717, 1.165) is 0 Å². The first-order chi connectivity index (χ1) is 7.63.